The van der Waals surface area contributed by atoms with Crippen LogP contribution >= 0.6 is 0 Å². The topological polar surface area (TPSA) is 12.5 Å². The summed E-state index contributed by atoms with van der Waals surface area (Å²) in [5.41, 5.74) is 0.498. The van der Waals surface area contributed by atoms with E-state index >= 15 is 0 Å². The van der Waals surface area contributed by atoms with E-state index in [0.717, 1.165) is 25.2 Å². The zero-order valence-corrected chi connectivity index (χ0v) is 10.5. The van der Waals surface area contributed by atoms with Gasteiger partial charge in [-0.2, -0.15) is 0 Å². The summed E-state index contributed by atoms with van der Waals surface area (Å²) >= 11 is 0. The Morgan fingerprint density at radius 2 is 1.73 bits per heavy atom. The second-order valence-corrected chi connectivity index (χ2v) is 6.19. The van der Waals surface area contributed by atoms with Crippen LogP contribution in [0.2, 0.25) is 0 Å². The van der Waals surface area contributed by atoms with Gasteiger partial charge in [-0.05, 0) is 43.7 Å². The van der Waals surface area contributed by atoms with E-state index in [9.17, 15) is 0 Å². The third-order valence-corrected chi connectivity index (χ3v) is 4.18. The lowest BCUT2D eigenvalue weighted by atomic mass is 9.75. The van der Waals surface area contributed by atoms with E-state index in [1.54, 1.807) is 0 Å². The summed E-state index contributed by atoms with van der Waals surface area (Å²) in [5, 5.41) is 0. The van der Waals surface area contributed by atoms with Crippen LogP contribution in [-0.4, -0.2) is 37.2 Å². The summed E-state index contributed by atoms with van der Waals surface area (Å²) in [6.07, 6.45) is 4.00. The lowest BCUT2D eigenvalue weighted by Gasteiger charge is -2.40. The molecular formula is C13H25NO. The van der Waals surface area contributed by atoms with E-state index < -0.39 is 0 Å². The van der Waals surface area contributed by atoms with Crippen LogP contribution in [0.4, 0.5) is 0 Å². The molecule has 2 heteroatoms. The van der Waals surface area contributed by atoms with Gasteiger partial charge in [0, 0.05) is 12.6 Å². The van der Waals surface area contributed by atoms with Crippen molar-refractivity contribution in [2.75, 3.05) is 26.3 Å². The molecule has 2 heterocycles. The van der Waals surface area contributed by atoms with E-state index in [1.807, 2.05) is 0 Å². The summed E-state index contributed by atoms with van der Waals surface area (Å²) < 4.78 is 5.46. The first-order valence-electron chi connectivity index (χ1n) is 6.39. The van der Waals surface area contributed by atoms with Gasteiger partial charge in [0.15, 0.2) is 0 Å². The van der Waals surface area contributed by atoms with Crippen LogP contribution in [0, 0.1) is 11.3 Å². The van der Waals surface area contributed by atoms with Gasteiger partial charge in [-0.3, -0.25) is 4.90 Å². The van der Waals surface area contributed by atoms with Crippen molar-refractivity contribution in [2.45, 2.75) is 46.1 Å². The second-order valence-electron chi connectivity index (χ2n) is 6.19. The molecule has 0 bridgehead atoms. The van der Waals surface area contributed by atoms with Gasteiger partial charge in [-0.1, -0.05) is 20.8 Å². The van der Waals surface area contributed by atoms with Crippen molar-refractivity contribution in [3.63, 3.8) is 0 Å². The van der Waals surface area contributed by atoms with Crippen LogP contribution in [0.1, 0.15) is 40.0 Å². The zero-order chi connectivity index (χ0) is 10.9. The summed E-state index contributed by atoms with van der Waals surface area (Å²) in [6.45, 7) is 11.7. The van der Waals surface area contributed by atoms with Gasteiger partial charge >= 0.3 is 0 Å². The number of nitrogens with zero attached hydrogens (tertiary/aromatic N) is 1. The fraction of sp³-hybridized carbons (Fsp3) is 1.00. The van der Waals surface area contributed by atoms with Gasteiger partial charge in [0.05, 0.1) is 6.61 Å². The highest BCUT2D eigenvalue weighted by molar-refractivity contribution is 4.84. The van der Waals surface area contributed by atoms with Gasteiger partial charge in [-0.25, -0.2) is 0 Å². The Labute approximate surface area is 94.0 Å². The monoisotopic (exact) mass is 211 g/mol. The van der Waals surface area contributed by atoms with E-state index in [2.05, 4.69) is 25.7 Å². The predicted molar refractivity (Wildman–Crippen MR) is 63.0 cm³/mol. The molecule has 0 radical (unpaired) electrons. The van der Waals surface area contributed by atoms with E-state index in [-0.39, 0.29) is 0 Å². The third-order valence-electron chi connectivity index (χ3n) is 4.18. The molecule has 2 saturated heterocycles. The molecule has 2 fully saturated rings. The van der Waals surface area contributed by atoms with Crippen molar-refractivity contribution < 1.29 is 4.74 Å². The van der Waals surface area contributed by atoms with Crippen molar-refractivity contribution in [1.82, 2.24) is 4.90 Å². The van der Waals surface area contributed by atoms with Crippen molar-refractivity contribution in [1.29, 1.82) is 0 Å². The maximum atomic E-state index is 5.46. The Morgan fingerprint density at radius 3 is 2.20 bits per heavy atom. The standard InChI is InChI=1S/C13H25NO/c1-13(2,3)11-4-7-14(8-5-11)12-6-9-15-10-12/h11-12H,4-10H2,1-3H3/t12-/m0/s1. The van der Waals surface area contributed by atoms with Gasteiger partial charge in [0.2, 0.25) is 0 Å². The maximum absolute atomic E-state index is 5.46. The predicted octanol–water partition coefficient (Wildman–Crippen LogP) is 2.53. The van der Waals surface area contributed by atoms with Gasteiger partial charge in [0.1, 0.15) is 0 Å². The maximum Gasteiger partial charge on any atom is 0.0622 e. The first kappa shape index (κ1) is 11.4. The zero-order valence-electron chi connectivity index (χ0n) is 10.5. The fourth-order valence-electron chi connectivity index (χ4n) is 2.94. The Morgan fingerprint density at radius 1 is 1.07 bits per heavy atom. The first-order chi connectivity index (χ1) is 7.07. The van der Waals surface area contributed by atoms with Crippen molar-refractivity contribution in [3.8, 4) is 0 Å². The molecular weight excluding hydrogens is 186 g/mol. The molecule has 0 aromatic heterocycles. The lowest BCUT2D eigenvalue weighted by molar-refractivity contribution is 0.0744. The molecule has 0 unspecified atom stereocenters. The van der Waals surface area contributed by atoms with E-state index in [4.69, 9.17) is 4.74 Å². The molecule has 0 spiro atoms. The Bertz CT molecular complexity index is 195. The minimum atomic E-state index is 0.498. The highest BCUT2D eigenvalue weighted by Gasteiger charge is 2.32. The van der Waals surface area contributed by atoms with Gasteiger partial charge < -0.3 is 4.74 Å². The quantitative estimate of drug-likeness (QED) is 0.661. The molecule has 88 valence electrons. The summed E-state index contributed by atoms with van der Waals surface area (Å²) in [5.74, 6) is 0.913. The Hall–Kier alpha value is -0.0800. The molecule has 0 aliphatic carbocycles. The highest BCUT2D eigenvalue weighted by Crippen LogP contribution is 2.35. The molecule has 1 atom stereocenters. The molecule has 15 heavy (non-hydrogen) atoms. The SMILES string of the molecule is CC(C)(C)C1CCN([C@H]2CCOC2)CC1. The van der Waals surface area contributed by atoms with Crippen molar-refractivity contribution in [3.05, 3.63) is 0 Å². The number of hydrogen-bond acceptors (Lipinski definition) is 2. The molecule has 0 aromatic carbocycles. The van der Waals surface area contributed by atoms with Crippen molar-refractivity contribution >= 4 is 0 Å². The summed E-state index contributed by atoms with van der Waals surface area (Å²) in [6, 6.07) is 0.728. The molecule has 2 aliphatic heterocycles. The normalized spacial score (nSPS) is 31.0. The van der Waals surface area contributed by atoms with E-state index in [1.165, 1.54) is 32.4 Å². The van der Waals surface area contributed by atoms with E-state index in [0.29, 0.717) is 5.41 Å². The minimum absolute atomic E-state index is 0.498. The molecule has 2 aliphatic rings. The number of ether oxygens (including phenoxy) is 1. The summed E-state index contributed by atoms with van der Waals surface area (Å²) in [4.78, 5) is 2.65. The van der Waals surface area contributed by atoms with Crippen LogP contribution in [0.5, 0.6) is 0 Å². The largest absolute Gasteiger partial charge is 0.380 e. The Balaban J connectivity index is 1.81. The molecule has 0 N–H and O–H groups in total. The highest BCUT2D eigenvalue weighted by atomic mass is 16.5. The fourth-order valence-corrected chi connectivity index (χ4v) is 2.94. The van der Waals surface area contributed by atoms with Crippen LogP contribution in [0.15, 0.2) is 0 Å². The molecule has 0 aromatic rings. The summed E-state index contributed by atoms with van der Waals surface area (Å²) in [7, 11) is 0. The number of likely N-dealkylation sites (tertiary alicyclic amines) is 1. The molecule has 2 nitrogen and oxygen atoms in total. The molecule has 2 rings (SSSR count). The second kappa shape index (κ2) is 4.42. The van der Waals surface area contributed by atoms with Crippen molar-refractivity contribution in [2.24, 2.45) is 11.3 Å². The number of hydrogen-bond donors (Lipinski definition) is 0. The average molecular weight is 211 g/mol. The number of piperidine rings is 1. The van der Waals surface area contributed by atoms with Crippen LogP contribution in [-0.2, 0) is 4.74 Å². The smallest absolute Gasteiger partial charge is 0.0622 e. The van der Waals surface area contributed by atoms with Gasteiger partial charge in [-0.15, -0.1) is 0 Å². The van der Waals surface area contributed by atoms with Crippen LogP contribution in [0.3, 0.4) is 0 Å². The Kier molecular flexibility index (Phi) is 3.36. The average Bonchev–Trinajstić information content (AvgIpc) is 2.69. The molecule has 0 saturated carbocycles. The van der Waals surface area contributed by atoms with Gasteiger partial charge in [0.25, 0.3) is 0 Å². The van der Waals surface area contributed by atoms with Crippen LogP contribution < -0.4 is 0 Å². The number of rotatable bonds is 1. The third kappa shape index (κ3) is 2.73. The minimum Gasteiger partial charge on any atom is -0.380 e. The lowest BCUT2D eigenvalue weighted by Crippen LogP contribution is -2.43. The first-order valence-corrected chi connectivity index (χ1v) is 6.39. The molecule has 0 amide bonds. The van der Waals surface area contributed by atoms with Crippen LogP contribution in [0.25, 0.3) is 0 Å².